The molecular formula is C16H22N4. The van der Waals surface area contributed by atoms with Crippen LogP contribution >= 0.6 is 0 Å². The summed E-state index contributed by atoms with van der Waals surface area (Å²) < 4.78 is 0. The van der Waals surface area contributed by atoms with Crippen LogP contribution in [0.2, 0.25) is 0 Å². The molecule has 1 aromatic carbocycles. The largest absolute Gasteiger partial charge is 0.357 e. The lowest BCUT2D eigenvalue weighted by Crippen LogP contribution is -2.23. The standard InChI is InChI=1S/C16H22N4/c1-4-13-9-7-8-10-14(13)19-15-11-16(18-12-17-15)20(5-2)6-3/h7-12H,4-6H2,1-3H3,(H,17,18,19). The molecule has 0 aliphatic rings. The molecule has 0 bridgehead atoms. The Labute approximate surface area is 120 Å². The summed E-state index contributed by atoms with van der Waals surface area (Å²) in [6, 6.07) is 10.3. The Morgan fingerprint density at radius 1 is 1.05 bits per heavy atom. The zero-order valence-corrected chi connectivity index (χ0v) is 12.4. The van der Waals surface area contributed by atoms with E-state index in [1.165, 1.54) is 5.56 Å². The van der Waals surface area contributed by atoms with Crippen molar-refractivity contribution in [1.29, 1.82) is 0 Å². The molecule has 4 nitrogen and oxygen atoms in total. The average Bonchev–Trinajstić information content (AvgIpc) is 2.49. The summed E-state index contributed by atoms with van der Waals surface area (Å²) in [4.78, 5) is 10.9. The second-order valence-corrected chi connectivity index (χ2v) is 4.57. The fourth-order valence-corrected chi connectivity index (χ4v) is 2.22. The molecular weight excluding hydrogens is 248 g/mol. The molecule has 106 valence electrons. The SMILES string of the molecule is CCc1ccccc1Nc1cc(N(CC)CC)ncn1. The van der Waals surface area contributed by atoms with Gasteiger partial charge in [-0.3, -0.25) is 0 Å². The number of hydrogen-bond donors (Lipinski definition) is 1. The maximum absolute atomic E-state index is 4.34. The van der Waals surface area contributed by atoms with Crippen molar-refractivity contribution in [1.82, 2.24) is 9.97 Å². The van der Waals surface area contributed by atoms with Gasteiger partial charge in [0.25, 0.3) is 0 Å². The lowest BCUT2D eigenvalue weighted by Gasteiger charge is -2.20. The summed E-state index contributed by atoms with van der Waals surface area (Å²) in [6.07, 6.45) is 2.61. The smallest absolute Gasteiger partial charge is 0.135 e. The number of nitrogens with zero attached hydrogens (tertiary/aromatic N) is 3. The van der Waals surface area contributed by atoms with Gasteiger partial charge in [-0.15, -0.1) is 0 Å². The molecule has 0 saturated heterocycles. The third-order valence-corrected chi connectivity index (χ3v) is 3.40. The number of benzene rings is 1. The number of nitrogens with one attached hydrogen (secondary N) is 1. The van der Waals surface area contributed by atoms with E-state index in [0.717, 1.165) is 36.8 Å². The number of para-hydroxylation sites is 1. The molecule has 0 unspecified atom stereocenters. The molecule has 0 atom stereocenters. The molecule has 1 heterocycles. The van der Waals surface area contributed by atoms with Crippen LogP contribution in [-0.2, 0) is 6.42 Å². The van der Waals surface area contributed by atoms with Crippen molar-refractivity contribution in [2.75, 3.05) is 23.3 Å². The van der Waals surface area contributed by atoms with Crippen LogP contribution in [-0.4, -0.2) is 23.1 Å². The minimum absolute atomic E-state index is 0.836. The highest BCUT2D eigenvalue weighted by molar-refractivity contribution is 5.62. The van der Waals surface area contributed by atoms with E-state index in [1.54, 1.807) is 6.33 Å². The minimum atomic E-state index is 0.836. The molecule has 0 spiro atoms. The fraction of sp³-hybridized carbons (Fsp3) is 0.375. The van der Waals surface area contributed by atoms with E-state index < -0.39 is 0 Å². The van der Waals surface area contributed by atoms with Crippen molar-refractivity contribution in [2.24, 2.45) is 0 Å². The van der Waals surface area contributed by atoms with Crippen molar-refractivity contribution >= 4 is 17.3 Å². The first kappa shape index (κ1) is 14.3. The van der Waals surface area contributed by atoms with E-state index in [-0.39, 0.29) is 0 Å². The van der Waals surface area contributed by atoms with E-state index in [2.05, 4.69) is 59.2 Å². The van der Waals surface area contributed by atoms with Gasteiger partial charge in [-0.05, 0) is 31.9 Å². The van der Waals surface area contributed by atoms with Crippen LogP contribution in [0.3, 0.4) is 0 Å². The highest BCUT2D eigenvalue weighted by atomic mass is 15.2. The number of rotatable bonds is 6. The van der Waals surface area contributed by atoms with Gasteiger partial charge in [0, 0.05) is 24.8 Å². The van der Waals surface area contributed by atoms with Gasteiger partial charge in [0.1, 0.15) is 18.0 Å². The van der Waals surface area contributed by atoms with Gasteiger partial charge < -0.3 is 10.2 Å². The summed E-state index contributed by atoms with van der Waals surface area (Å²) >= 11 is 0. The van der Waals surface area contributed by atoms with Crippen LogP contribution in [0.1, 0.15) is 26.3 Å². The van der Waals surface area contributed by atoms with Gasteiger partial charge in [0.05, 0.1) is 0 Å². The van der Waals surface area contributed by atoms with Crippen molar-refractivity contribution in [3.05, 3.63) is 42.2 Å². The summed E-state index contributed by atoms with van der Waals surface area (Å²) in [5, 5.41) is 3.39. The van der Waals surface area contributed by atoms with Crippen LogP contribution in [0, 0.1) is 0 Å². The Kier molecular flexibility index (Phi) is 4.93. The summed E-state index contributed by atoms with van der Waals surface area (Å²) in [5.74, 6) is 1.80. The minimum Gasteiger partial charge on any atom is -0.357 e. The maximum atomic E-state index is 4.34. The molecule has 1 aromatic heterocycles. The molecule has 0 aliphatic carbocycles. The number of aromatic nitrogens is 2. The highest BCUT2D eigenvalue weighted by Gasteiger charge is 2.06. The first-order valence-electron chi connectivity index (χ1n) is 7.20. The van der Waals surface area contributed by atoms with E-state index in [1.807, 2.05) is 12.1 Å². The molecule has 0 fully saturated rings. The Morgan fingerprint density at radius 2 is 1.80 bits per heavy atom. The van der Waals surface area contributed by atoms with E-state index in [0.29, 0.717) is 0 Å². The summed E-state index contributed by atoms with van der Waals surface area (Å²) in [5.41, 5.74) is 2.40. The molecule has 0 amide bonds. The highest BCUT2D eigenvalue weighted by Crippen LogP contribution is 2.21. The first-order chi connectivity index (χ1) is 9.78. The van der Waals surface area contributed by atoms with E-state index in [4.69, 9.17) is 0 Å². The molecule has 0 radical (unpaired) electrons. The van der Waals surface area contributed by atoms with Gasteiger partial charge in [0.15, 0.2) is 0 Å². The quantitative estimate of drug-likeness (QED) is 0.870. The molecule has 0 saturated carbocycles. The Morgan fingerprint density at radius 3 is 2.50 bits per heavy atom. The van der Waals surface area contributed by atoms with Gasteiger partial charge in [-0.1, -0.05) is 25.1 Å². The fourth-order valence-electron chi connectivity index (χ4n) is 2.22. The first-order valence-corrected chi connectivity index (χ1v) is 7.20. The van der Waals surface area contributed by atoms with Crippen LogP contribution < -0.4 is 10.2 Å². The third kappa shape index (κ3) is 3.26. The molecule has 20 heavy (non-hydrogen) atoms. The van der Waals surface area contributed by atoms with E-state index >= 15 is 0 Å². The second-order valence-electron chi connectivity index (χ2n) is 4.57. The van der Waals surface area contributed by atoms with Gasteiger partial charge in [-0.2, -0.15) is 0 Å². The second kappa shape index (κ2) is 6.89. The normalized spacial score (nSPS) is 10.3. The zero-order valence-electron chi connectivity index (χ0n) is 12.4. The topological polar surface area (TPSA) is 41.0 Å². The zero-order chi connectivity index (χ0) is 14.4. The van der Waals surface area contributed by atoms with Gasteiger partial charge in [-0.25, -0.2) is 9.97 Å². The molecule has 1 N–H and O–H groups in total. The van der Waals surface area contributed by atoms with E-state index in [9.17, 15) is 0 Å². The van der Waals surface area contributed by atoms with Crippen LogP contribution in [0.25, 0.3) is 0 Å². The maximum Gasteiger partial charge on any atom is 0.135 e. The Hall–Kier alpha value is -2.10. The number of hydrogen-bond acceptors (Lipinski definition) is 4. The van der Waals surface area contributed by atoms with Crippen molar-refractivity contribution < 1.29 is 0 Å². The van der Waals surface area contributed by atoms with Crippen molar-refractivity contribution in [3.63, 3.8) is 0 Å². The molecule has 4 heteroatoms. The van der Waals surface area contributed by atoms with Crippen LogP contribution in [0.4, 0.5) is 17.3 Å². The Bertz CT molecular complexity index is 550. The average molecular weight is 270 g/mol. The lowest BCUT2D eigenvalue weighted by molar-refractivity contribution is 0.842. The third-order valence-electron chi connectivity index (χ3n) is 3.40. The van der Waals surface area contributed by atoms with Gasteiger partial charge >= 0.3 is 0 Å². The van der Waals surface area contributed by atoms with Crippen molar-refractivity contribution in [3.8, 4) is 0 Å². The predicted octanol–water partition coefficient (Wildman–Crippen LogP) is 3.63. The monoisotopic (exact) mass is 270 g/mol. The van der Waals surface area contributed by atoms with Crippen LogP contribution in [0.15, 0.2) is 36.7 Å². The lowest BCUT2D eigenvalue weighted by atomic mass is 10.1. The molecule has 2 aromatic rings. The molecule has 2 rings (SSSR count). The predicted molar refractivity (Wildman–Crippen MR) is 84.7 cm³/mol. The Balaban J connectivity index is 2.23. The summed E-state index contributed by atoms with van der Waals surface area (Å²) in [7, 11) is 0. The van der Waals surface area contributed by atoms with Crippen LogP contribution in [0.5, 0.6) is 0 Å². The van der Waals surface area contributed by atoms with Crippen molar-refractivity contribution in [2.45, 2.75) is 27.2 Å². The summed E-state index contributed by atoms with van der Waals surface area (Å²) in [6.45, 7) is 8.30. The molecule has 0 aliphatic heterocycles. The number of aryl methyl sites for hydroxylation is 1. The number of anilines is 3. The van der Waals surface area contributed by atoms with Gasteiger partial charge in [0.2, 0.25) is 0 Å².